The summed E-state index contributed by atoms with van der Waals surface area (Å²) in [5.41, 5.74) is 4.45. The van der Waals surface area contributed by atoms with Gasteiger partial charge in [-0.3, -0.25) is 19.2 Å². The summed E-state index contributed by atoms with van der Waals surface area (Å²) < 4.78 is 25.7. The van der Waals surface area contributed by atoms with E-state index < -0.39 is 29.1 Å². The fourth-order valence-corrected chi connectivity index (χ4v) is 10.5. The minimum atomic E-state index is -1.89. The predicted octanol–water partition coefficient (Wildman–Crippen LogP) is 11.2. The van der Waals surface area contributed by atoms with Gasteiger partial charge in [-0.1, -0.05) is 122 Å². The van der Waals surface area contributed by atoms with Crippen molar-refractivity contribution in [3.8, 4) is 22.9 Å². The fourth-order valence-electron chi connectivity index (χ4n) is 10.5. The van der Waals surface area contributed by atoms with E-state index in [0.717, 1.165) is 58.0 Å². The van der Waals surface area contributed by atoms with Crippen LogP contribution in [0.25, 0.3) is 22.3 Å². The van der Waals surface area contributed by atoms with E-state index in [9.17, 15) is 24.0 Å². The smallest absolute Gasteiger partial charge is 0.355 e. The minimum absolute atomic E-state index is 0.00516. The number of fused-ring (bicyclic) bond motifs is 6. The van der Waals surface area contributed by atoms with Crippen LogP contribution in [-0.2, 0) is 60.2 Å². The number of esters is 3. The number of unbranched alkanes of at least 4 members (excludes halogenated alkanes) is 13. The van der Waals surface area contributed by atoms with Gasteiger partial charge in [0.2, 0.25) is 5.60 Å². The number of nitrogens with zero attached hydrogens (tertiary/aromatic N) is 2. The third-order valence-electron chi connectivity index (χ3n) is 14.9. The van der Waals surface area contributed by atoms with Gasteiger partial charge in [-0.05, 0) is 87.8 Å². The number of aryl methyl sites for hydroxylation is 1. The second kappa shape index (κ2) is 22.3. The fraction of sp³-hybridized carbons (Fsp3) is 0.571. The van der Waals surface area contributed by atoms with Crippen LogP contribution in [0.15, 0.2) is 35.1 Å². The first-order valence-electron chi connectivity index (χ1n) is 25.7. The molecule has 12 heteroatoms. The molecule has 2 atom stereocenters. The lowest BCUT2D eigenvalue weighted by Crippen LogP contribution is -2.51. The van der Waals surface area contributed by atoms with Crippen LogP contribution in [0.3, 0.4) is 0 Å². The van der Waals surface area contributed by atoms with Crippen LogP contribution in [0.5, 0.6) is 11.5 Å². The Kier molecular flexibility index (Phi) is 16.5. The molecule has 0 aliphatic carbocycles. The Balaban J connectivity index is 0.924. The monoisotopic (exact) mass is 932 g/mol. The van der Waals surface area contributed by atoms with Gasteiger partial charge in [-0.25, -0.2) is 9.78 Å². The van der Waals surface area contributed by atoms with E-state index >= 15 is 0 Å². The maximum Gasteiger partial charge on any atom is 0.355 e. The Labute approximate surface area is 402 Å². The molecule has 3 aliphatic rings. The van der Waals surface area contributed by atoms with Gasteiger partial charge in [-0.2, -0.15) is 0 Å². The van der Waals surface area contributed by atoms with Crippen LogP contribution in [0.1, 0.15) is 188 Å². The highest BCUT2D eigenvalue weighted by molar-refractivity contribution is 5.91. The lowest BCUT2D eigenvalue weighted by molar-refractivity contribution is -0.189. The number of para-hydroxylation sites is 1. The van der Waals surface area contributed by atoms with Crippen LogP contribution in [0.2, 0.25) is 0 Å². The Morgan fingerprint density at radius 3 is 2.10 bits per heavy atom. The highest BCUT2D eigenvalue weighted by Crippen LogP contribution is 2.45. The van der Waals surface area contributed by atoms with Crippen LogP contribution in [-0.4, -0.2) is 45.5 Å². The number of carbonyl (C=O) groups excluding carboxylic acids is 4. The summed E-state index contributed by atoms with van der Waals surface area (Å²) in [6.07, 6.45) is 19.0. The summed E-state index contributed by atoms with van der Waals surface area (Å²) in [6, 6.07) is 9.62. The number of ether oxygens (including phenoxy) is 4. The summed E-state index contributed by atoms with van der Waals surface area (Å²) in [7, 11) is 0. The van der Waals surface area contributed by atoms with Crippen LogP contribution < -0.4 is 20.3 Å². The third kappa shape index (κ3) is 10.4. The molecule has 0 saturated carbocycles. The zero-order chi connectivity index (χ0) is 48.6. The van der Waals surface area contributed by atoms with E-state index in [1.807, 2.05) is 52.0 Å². The van der Waals surface area contributed by atoms with Gasteiger partial charge in [0, 0.05) is 35.0 Å². The Morgan fingerprint density at radius 2 is 1.44 bits per heavy atom. The van der Waals surface area contributed by atoms with Gasteiger partial charge in [0.15, 0.2) is 5.60 Å². The van der Waals surface area contributed by atoms with Crippen molar-refractivity contribution in [2.75, 3.05) is 6.54 Å². The third-order valence-corrected chi connectivity index (χ3v) is 14.9. The van der Waals surface area contributed by atoms with E-state index in [1.54, 1.807) is 17.6 Å². The van der Waals surface area contributed by atoms with Gasteiger partial charge < -0.3 is 28.8 Å². The normalized spacial score (nSPS) is 18.0. The standard InChI is InChI=1S/C56H73N3O9/c1-8-11-12-13-14-15-16-17-18-19-20-21-22-25-32-57-53(63)55(7)31-30-40-38(6)50(36(4)37(5)51(40)68-55)66-47(60)28-29-48(61)67-56(10-3)44-33-46-49-42(34-59(46)52(62)43(44)35-65-54(56)64)39(9-2)41-26-23-24-27-45(41)58-49/h23-24,26-27,33H,8-22,25,28-32,34-35H2,1-7H3,(H,57,63)/t55-,56-/m0/s1. The van der Waals surface area contributed by atoms with Crippen LogP contribution in [0, 0.1) is 20.8 Å². The van der Waals surface area contributed by atoms with Crippen molar-refractivity contribution in [3.05, 3.63) is 85.2 Å². The molecular formula is C56H73N3O9. The minimum Gasteiger partial charge on any atom is -0.477 e. The van der Waals surface area contributed by atoms with Crippen LogP contribution in [0.4, 0.5) is 0 Å². The zero-order valence-corrected chi connectivity index (χ0v) is 41.7. The largest absolute Gasteiger partial charge is 0.477 e. The van der Waals surface area contributed by atoms with Crippen molar-refractivity contribution >= 4 is 34.7 Å². The Bertz CT molecular complexity index is 2600. The zero-order valence-electron chi connectivity index (χ0n) is 41.7. The number of nitrogens with one attached hydrogen (secondary N) is 1. The van der Waals surface area contributed by atoms with Gasteiger partial charge in [0.1, 0.15) is 18.1 Å². The quantitative estimate of drug-likeness (QED) is 0.0380. The molecular weight excluding hydrogens is 859 g/mol. The molecule has 0 fully saturated rings. The van der Waals surface area contributed by atoms with Crippen molar-refractivity contribution in [2.45, 2.75) is 201 Å². The maximum absolute atomic E-state index is 14.1. The summed E-state index contributed by atoms with van der Waals surface area (Å²) in [5.74, 6) is -1.32. The van der Waals surface area contributed by atoms with Crippen molar-refractivity contribution in [1.82, 2.24) is 14.9 Å². The van der Waals surface area contributed by atoms with E-state index in [4.69, 9.17) is 23.9 Å². The second-order valence-electron chi connectivity index (χ2n) is 19.5. The molecule has 366 valence electrons. The lowest BCUT2D eigenvalue weighted by atomic mass is 9.85. The number of benzene rings is 2. The number of cyclic esters (lactones) is 1. The second-order valence-corrected chi connectivity index (χ2v) is 19.5. The summed E-state index contributed by atoms with van der Waals surface area (Å²) >= 11 is 0. The summed E-state index contributed by atoms with van der Waals surface area (Å²) in [6.45, 7) is 14.2. The number of hydrogen-bond donors (Lipinski definition) is 1. The summed E-state index contributed by atoms with van der Waals surface area (Å²) in [5, 5.41) is 4.16. The molecule has 2 aromatic carbocycles. The van der Waals surface area contributed by atoms with Crippen molar-refractivity contribution < 1.29 is 38.1 Å². The Hall–Kier alpha value is -5.52. The van der Waals surface area contributed by atoms with E-state index in [0.29, 0.717) is 54.4 Å². The number of carbonyl (C=O) groups is 4. The predicted molar refractivity (Wildman–Crippen MR) is 264 cm³/mol. The number of hydrogen-bond acceptors (Lipinski definition) is 10. The molecule has 1 N–H and O–H groups in total. The SMILES string of the molecule is CCCCCCCCCCCCCCCCNC(=O)[C@]1(C)CCc2c(C)c(OC(=O)CCC(=O)O[C@]3(CC)C(=O)OCc4c3cc3n(c4=O)Cc4c-3nc3ccccc3c4CC)c(C)c(C)c2O1. The van der Waals surface area contributed by atoms with Crippen LogP contribution >= 0.6 is 0 Å². The molecule has 0 radical (unpaired) electrons. The number of amides is 1. The van der Waals surface area contributed by atoms with Gasteiger partial charge >= 0.3 is 17.9 Å². The number of aromatic nitrogens is 2. The molecule has 1 amide bonds. The molecule has 0 bridgehead atoms. The Morgan fingerprint density at radius 1 is 0.794 bits per heavy atom. The van der Waals surface area contributed by atoms with Crippen molar-refractivity contribution in [3.63, 3.8) is 0 Å². The molecule has 0 unspecified atom stereocenters. The molecule has 68 heavy (non-hydrogen) atoms. The van der Waals surface area contributed by atoms with E-state index in [1.165, 1.54) is 77.0 Å². The molecule has 4 aromatic rings. The molecule has 7 rings (SSSR count). The molecule has 2 aromatic heterocycles. The topological polar surface area (TPSA) is 152 Å². The highest BCUT2D eigenvalue weighted by Gasteiger charge is 2.50. The average Bonchev–Trinajstić information content (AvgIpc) is 3.71. The van der Waals surface area contributed by atoms with Gasteiger partial charge in [0.05, 0.1) is 41.9 Å². The first-order valence-corrected chi connectivity index (χ1v) is 25.7. The molecule has 5 heterocycles. The maximum atomic E-state index is 14.1. The highest BCUT2D eigenvalue weighted by atomic mass is 16.6. The number of pyridine rings is 2. The first-order chi connectivity index (χ1) is 32.8. The van der Waals surface area contributed by atoms with Crippen molar-refractivity contribution in [1.29, 1.82) is 0 Å². The molecule has 12 nitrogen and oxygen atoms in total. The average molecular weight is 932 g/mol. The molecule has 3 aliphatic heterocycles. The molecule has 0 saturated heterocycles. The van der Waals surface area contributed by atoms with E-state index in [-0.39, 0.29) is 48.5 Å². The van der Waals surface area contributed by atoms with Crippen molar-refractivity contribution in [2.24, 2.45) is 0 Å². The van der Waals surface area contributed by atoms with Gasteiger partial charge in [-0.15, -0.1) is 0 Å². The lowest BCUT2D eigenvalue weighted by Gasteiger charge is -2.37. The van der Waals surface area contributed by atoms with E-state index in [2.05, 4.69) is 19.2 Å². The summed E-state index contributed by atoms with van der Waals surface area (Å²) in [4.78, 5) is 73.4. The number of rotatable bonds is 23. The first kappa shape index (κ1) is 50.4. The van der Waals surface area contributed by atoms with Gasteiger partial charge in [0.25, 0.3) is 11.5 Å². The molecule has 0 spiro atoms.